The molecule has 0 aliphatic rings. The van der Waals surface area contributed by atoms with Crippen LogP contribution in [0.1, 0.15) is 23.7 Å². The van der Waals surface area contributed by atoms with E-state index in [1.165, 1.54) is 0 Å². The molecule has 0 fully saturated rings. The highest BCUT2D eigenvalue weighted by Gasteiger charge is 2.05. The van der Waals surface area contributed by atoms with E-state index in [2.05, 4.69) is 10.3 Å². The number of hydrogen-bond donors (Lipinski definition) is 2. The lowest BCUT2D eigenvalue weighted by Crippen LogP contribution is -2.22. The van der Waals surface area contributed by atoms with Gasteiger partial charge in [-0.1, -0.05) is 6.07 Å². The van der Waals surface area contributed by atoms with Crippen molar-refractivity contribution < 1.29 is 14.3 Å². The lowest BCUT2D eigenvalue weighted by Gasteiger charge is -2.16. The Bertz CT molecular complexity index is 692. The molecule has 0 bridgehead atoms. The first kappa shape index (κ1) is 21.0. The smallest absolute Gasteiger partial charge is 0.307 e. The number of nitrogens with two attached hydrogens (primary N) is 1. The van der Waals surface area contributed by atoms with Crippen molar-refractivity contribution in [2.75, 3.05) is 43.2 Å². The number of hydrogen-bond acceptors (Lipinski definition) is 7. The third-order valence-electron chi connectivity index (χ3n) is 3.48. The lowest BCUT2D eigenvalue weighted by atomic mass is 10.2. The summed E-state index contributed by atoms with van der Waals surface area (Å²) < 4.78 is 4.84. The van der Waals surface area contributed by atoms with Crippen LogP contribution in [0, 0.1) is 0 Å². The van der Waals surface area contributed by atoms with Crippen LogP contribution in [0.4, 0.5) is 17.2 Å². The van der Waals surface area contributed by atoms with Crippen LogP contribution in [0.3, 0.4) is 0 Å². The molecule has 7 nitrogen and oxygen atoms in total. The van der Waals surface area contributed by atoms with Crippen LogP contribution in [0.15, 0.2) is 42.6 Å². The van der Waals surface area contributed by atoms with Crippen molar-refractivity contribution >= 4 is 29.4 Å². The third-order valence-corrected chi connectivity index (χ3v) is 3.48. The number of anilines is 3. The molecule has 1 heterocycles. The Morgan fingerprint density at radius 2 is 2.12 bits per heavy atom. The largest absolute Gasteiger partial charge is 0.466 e. The molecule has 2 aromatic rings. The number of aldehydes is 1. The molecule has 0 aliphatic heterocycles. The second-order valence-corrected chi connectivity index (χ2v) is 5.38. The number of aromatic nitrogens is 1. The van der Waals surface area contributed by atoms with Gasteiger partial charge in [0.1, 0.15) is 12.1 Å². The average molecular weight is 358 g/mol. The molecule has 1 aromatic carbocycles. The Kier molecular flexibility index (Phi) is 9.24. The van der Waals surface area contributed by atoms with Crippen LogP contribution in [0.2, 0.25) is 0 Å². The Hall–Kier alpha value is -3.09. The molecule has 7 heteroatoms. The molecule has 1 aromatic heterocycles. The van der Waals surface area contributed by atoms with Crippen LogP contribution >= 0.6 is 0 Å². The standard InChI is InChI=1S/C11H16N2O2.C8H10N2O/c1-3-15-11(14)7-9-13(2)10-6-4-5-8-12-10;1-10-8-3-2-6(5-11)4-7(8)9/h4-6,8H,3,7,9H2,1-2H3;2-5,10H,9H2,1H3. The summed E-state index contributed by atoms with van der Waals surface area (Å²) in [6, 6.07) is 10.8. The van der Waals surface area contributed by atoms with E-state index in [-0.39, 0.29) is 5.97 Å². The Balaban J connectivity index is 0.000000273. The van der Waals surface area contributed by atoms with Gasteiger partial charge in [0.25, 0.3) is 0 Å². The van der Waals surface area contributed by atoms with E-state index in [1.807, 2.05) is 30.1 Å². The number of ether oxygens (including phenoxy) is 1. The molecule has 3 N–H and O–H groups in total. The second kappa shape index (κ2) is 11.5. The number of carbonyl (C=O) groups excluding carboxylic acids is 2. The van der Waals surface area contributed by atoms with E-state index in [4.69, 9.17) is 10.5 Å². The van der Waals surface area contributed by atoms with Crippen LogP contribution in [0.25, 0.3) is 0 Å². The van der Waals surface area contributed by atoms with Crippen molar-refractivity contribution in [3.05, 3.63) is 48.2 Å². The van der Waals surface area contributed by atoms with Crippen molar-refractivity contribution in [2.45, 2.75) is 13.3 Å². The number of esters is 1. The summed E-state index contributed by atoms with van der Waals surface area (Å²) in [6.07, 6.45) is 2.90. The predicted octanol–water partition coefficient (Wildman–Crippen LogP) is 2.59. The maximum atomic E-state index is 11.1. The van der Waals surface area contributed by atoms with Gasteiger partial charge in [0, 0.05) is 32.4 Å². The summed E-state index contributed by atoms with van der Waals surface area (Å²) >= 11 is 0. The number of carbonyl (C=O) groups is 2. The zero-order valence-electron chi connectivity index (χ0n) is 15.4. The van der Waals surface area contributed by atoms with Gasteiger partial charge in [-0.2, -0.15) is 0 Å². The number of pyridine rings is 1. The van der Waals surface area contributed by atoms with Crippen molar-refractivity contribution in [1.29, 1.82) is 0 Å². The summed E-state index contributed by atoms with van der Waals surface area (Å²) in [6.45, 7) is 2.86. The predicted molar refractivity (Wildman–Crippen MR) is 105 cm³/mol. The minimum absolute atomic E-state index is 0.166. The highest BCUT2D eigenvalue weighted by atomic mass is 16.5. The van der Waals surface area contributed by atoms with Gasteiger partial charge in [-0.05, 0) is 37.3 Å². The van der Waals surface area contributed by atoms with Gasteiger partial charge in [-0.25, -0.2) is 4.98 Å². The molecule has 26 heavy (non-hydrogen) atoms. The monoisotopic (exact) mass is 358 g/mol. The average Bonchev–Trinajstić information content (AvgIpc) is 2.67. The van der Waals surface area contributed by atoms with E-state index in [0.717, 1.165) is 17.8 Å². The first-order valence-electron chi connectivity index (χ1n) is 8.32. The van der Waals surface area contributed by atoms with Crippen LogP contribution in [-0.2, 0) is 9.53 Å². The first-order chi connectivity index (χ1) is 12.5. The fraction of sp³-hybridized carbons (Fsp3) is 0.316. The van der Waals surface area contributed by atoms with Crippen LogP contribution in [-0.4, -0.2) is 44.5 Å². The van der Waals surface area contributed by atoms with Gasteiger partial charge in [0.05, 0.1) is 24.4 Å². The Morgan fingerprint density at radius 3 is 2.65 bits per heavy atom. The molecule has 2 rings (SSSR count). The molecular formula is C19H26N4O3. The van der Waals surface area contributed by atoms with Gasteiger partial charge in [0.15, 0.2) is 0 Å². The van der Waals surface area contributed by atoms with E-state index >= 15 is 0 Å². The molecule has 0 amide bonds. The van der Waals surface area contributed by atoms with Gasteiger partial charge >= 0.3 is 5.97 Å². The molecule has 0 radical (unpaired) electrons. The van der Waals surface area contributed by atoms with Gasteiger partial charge in [-0.3, -0.25) is 9.59 Å². The molecule has 0 unspecified atom stereocenters. The van der Waals surface area contributed by atoms with Gasteiger partial charge in [-0.15, -0.1) is 0 Å². The van der Waals surface area contributed by atoms with E-state index in [9.17, 15) is 9.59 Å². The Labute approximate surface area is 154 Å². The lowest BCUT2D eigenvalue weighted by molar-refractivity contribution is -0.142. The molecule has 0 saturated heterocycles. The van der Waals surface area contributed by atoms with Crippen molar-refractivity contribution in [3.63, 3.8) is 0 Å². The van der Waals surface area contributed by atoms with Crippen molar-refractivity contribution in [2.24, 2.45) is 0 Å². The van der Waals surface area contributed by atoms with E-state index in [1.54, 1.807) is 38.4 Å². The minimum Gasteiger partial charge on any atom is -0.466 e. The normalized spacial score (nSPS) is 9.50. The summed E-state index contributed by atoms with van der Waals surface area (Å²) in [5.74, 6) is 0.696. The molecule has 0 aliphatic carbocycles. The highest BCUT2D eigenvalue weighted by Crippen LogP contribution is 2.17. The summed E-state index contributed by atoms with van der Waals surface area (Å²) in [7, 11) is 3.69. The number of rotatable bonds is 7. The second-order valence-electron chi connectivity index (χ2n) is 5.38. The fourth-order valence-corrected chi connectivity index (χ4v) is 2.07. The first-order valence-corrected chi connectivity index (χ1v) is 8.32. The van der Waals surface area contributed by atoms with Crippen LogP contribution < -0.4 is 16.0 Å². The topological polar surface area (TPSA) is 97.5 Å². The maximum Gasteiger partial charge on any atom is 0.307 e. The Morgan fingerprint density at radius 1 is 1.35 bits per heavy atom. The molecule has 140 valence electrons. The third kappa shape index (κ3) is 7.21. The molecule has 0 saturated carbocycles. The summed E-state index contributed by atoms with van der Waals surface area (Å²) in [5.41, 5.74) is 7.62. The fourth-order valence-electron chi connectivity index (χ4n) is 2.07. The number of nitrogens with one attached hydrogen (secondary N) is 1. The molecular weight excluding hydrogens is 332 g/mol. The number of benzene rings is 1. The number of nitrogen functional groups attached to an aromatic ring is 1. The van der Waals surface area contributed by atoms with Crippen molar-refractivity contribution in [1.82, 2.24) is 4.98 Å². The number of nitrogens with zero attached hydrogens (tertiary/aromatic N) is 2. The molecule has 0 atom stereocenters. The van der Waals surface area contributed by atoms with Crippen LogP contribution in [0.5, 0.6) is 0 Å². The quantitative estimate of drug-likeness (QED) is 0.446. The zero-order valence-corrected chi connectivity index (χ0v) is 15.4. The van der Waals surface area contributed by atoms with Crippen molar-refractivity contribution in [3.8, 4) is 0 Å². The highest BCUT2D eigenvalue weighted by molar-refractivity contribution is 5.80. The summed E-state index contributed by atoms with van der Waals surface area (Å²) in [4.78, 5) is 27.5. The van der Waals surface area contributed by atoms with Gasteiger partial charge in [0.2, 0.25) is 0 Å². The van der Waals surface area contributed by atoms with E-state index in [0.29, 0.717) is 30.8 Å². The SMILES string of the molecule is CCOC(=O)CCN(C)c1ccccn1.CNc1ccc(C=O)cc1N. The maximum absolute atomic E-state index is 11.1. The summed E-state index contributed by atoms with van der Waals surface area (Å²) in [5, 5.41) is 2.91. The minimum atomic E-state index is -0.166. The van der Waals surface area contributed by atoms with Gasteiger partial charge < -0.3 is 20.7 Å². The van der Waals surface area contributed by atoms with E-state index < -0.39 is 0 Å². The zero-order chi connectivity index (χ0) is 19.4. The molecule has 0 spiro atoms.